The molecule has 7 heteroatoms. The van der Waals surface area contributed by atoms with Gasteiger partial charge in [-0.1, -0.05) is 26.0 Å². The number of ether oxygens (including phenoxy) is 1. The molecule has 1 N–H and O–H groups in total. The number of thioether (sulfide) groups is 1. The molecule has 1 aromatic carbocycles. The number of nitriles is 1. The van der Waals surface area contributed by atoms with Crippen molar-refractivity contribution in [2.45, 2.75) is 31.2 Å². The molecule has 0 aliphatic carbocycles. The predicted octanol–water partition coefficient (Wildman–Crippen LogP) is 2.52. The molecule has 1 aromatic rings. The number of benzene rings is 1. The highest BCUT2D eigenvalue weighted by Crippen LogP contribution is 2.21. The number of nitrogens with zero attached hydrogens (tertiary/aromatic N) is 1. The van der Waals surface area contributed by atoms with Crippen LogP contribution in [0.5, 0.6) is 0 Å². The average Bonchev–Trinajstić information content (AvgIpc) is 2.51. The molecule has 0 saturated heterocycles. The van der Waals surface area contributed by atoms with Gasteiger partial charge in [0, 0.05) is 4.90 Å². The summed E-state index contributed by atoms with van der Waals surface area (Å²) in [5.41, 5.74) is -1.02. The van der Waals surface area contributed by atoms with Gasteiger partial charge in [-0.15, -0.1) is 11.8 Å². The Morgan fingerprint density at radius 1 is 1.43 bits per heavy atom. The van der Waals surface area contributed by atoms with Crippen LogP contribution in [0.3, 0.4) is 0 Å². The van der Waals surface area contributed by atoms with E-state index in [0.717, 1.165) is 11.8 Å². The molecule has 1 amide bonds. The molecule has 0 spiro atoms. The Bertz CT molecular complexity index is 616. The molecule has 0 fully saturated rings. The first-order chi connectivity index (χ1) is 10.8. The first-order valence-corrected chi connectivity index (χ1v) is 8.02. The van der Waals surface area contributed by atoms with E-state index in [1.807, 2.05) is 6.07 Å². The van der Waals surface area contributed by atoms with Gasteiger partial charge in [0.05, 0.1) is 11.8 Å². The maximum atomic E-state index is 13.4. The Balaban J connectivity index is 2.40. The molecule has 0 heterocycles. The molecule has 0 aliphatic rings. The van der Waals surface area contributed by atoms with E-state index in [4.69, 9.17) is 10.00 Å². The number of hydrogen-bond donors (Lipinski definition) is 1. The molecule has 0 unspecified atom stereocenters. The lowest BCUT2D eigenvalue weighted by Gasteiger charge is -2.27. The summed E-state index contributed by atoms with van der Waals surface area (Å²) >= 11 is 0.996. The van der Waals surface area contributed by atoms with Crippen molar-refractivity contribution >= 4 is 23.6 Å². The van der Waals surface area contributed by atoms with E-state index >= 15 is 0 Å². The summed E-state index contributed by atoms with van der Waals surface area (Å²) in [6.07, 6.45) is 0. The molecule has 0 saturated carbocycles. The fourth-order valence-electron chi connectivity index (χ4n) is 1.51. The monoisotopic (exact) mass is 338 g/mol. The molecule has 1 rings (SSSR count). The second kappa shape index (κ2) is 8.53. The maximum absolute atomic E-state index is 13.4. The Morgan fingerprint density at radius 2 is 2.09 bits per heavy atom. The number of rotatable bonds is 7. The van der Waals surface area contributed by atoms with Crippen molar-refractivity contribution < 1.29 is 18.7 Å². The van der Waals surface area contributed by atoms with Gasteiger partial charge >= 0.3 is 5.97 Å². The SMILES string of the molecule is CC(C)[C@](C)(C#N)NC(=O)COC(=O)CSc1ccccc1F. The largest absolute Gasteiger partial charge is 0.455 e. The summed E-state index contributed by atoms with van der Waals surface area (Å²) in [7, 11) is 0. The first-order valence-electron chi connectivity index (χ1n) is 7.03. The fraction of sp³-hybridized carbons (Fsp3) is 0.438. The highest BCUT2D eigenvalue weighted by atomic mass is 32.2. The predicted molar refractivity (Wildman–Crippen MR) is 85.1 cm³/mol. The molecule has 5 nitrogen and oxygen atoms in total. The van der Waals surface area contributed by atoms with Gasteiger partial charge in [0.2, 0.25) is 0 Å². The standard InChI is InChI=1S/C16H19FN2O3S/c1-11(2)16(3,10-18)19-14(20)8-22-15(21)9-23-13-7-5-4-6-12(13)17/h4-7,11H,8-9H2,1-3H3,(H,19,20)/t16-/m0/s1. The second-order valence-electron chi connectivity index (χ2n) is 5.40. The van der Waals surface area contributed by atoms with E-state index < -0.39 is 29.8 Å². The summed E-state index contributed by atoms with van der Waals surface area (Å²) in [4.78, 5) is 23.7. The minimum Gasteiger partial charge on any atom is -0.455 e. The zero-order valence-corrected chi connectivity index (χ0v) is 14.1. The van der Waals surface area contributed by atoms with E-state index in [1.54, 1.807) is 39.0 Å². The number of esters is 1. The highest BCUT2D eigenvalue weighted by Gasteiger charge is 2.30. The van der Waals surface area contributed by atoms with E-state index in [2.05, 4.69) is 5.32 Å². The summed E-state index contributed by atoms with van der Waals surface area (Å²) in [6.45, 7) is 4.74. The molecule has 0 bridgehead atoms. The van der Waals surface area contributed by atoms with Crippen LogP contribution in [0.4, 0.5) is 4.39 Å². The van der Waals surface area contributed by atoms with Crippen molar-refractivity contribution in [3.8, 4) is 6.07 Å². The quantitative estimate of drug-likeness (QED) is 0.610. The van der Waals surface area contributed by atoms with Gasteiger partial charge in [0.25, 0.3) is 5.91 Å². The van der Waals surface area contributed by atoms with Crippen molar-refractivity contribution in [2.75, 3.05) is 12.4 Å². The fourth-order valence-corrected chi connectivity index (χ4v) is 2.25. The number of carbonyl (C=O) groups excluding carboxylic acids is 2. The van der Waals surface area contributed by atoms with Crippen LogP contribution in [-0.4, -0.2) is 29.8 Å². The molecule has 1 atom stereocenters. The molecule has 23 heavy (non-hydrogen) atoms. The summed E-state index contributed by atoms with van der Waals surface area (Å²) in [5, 5.41) is 11.6. The van der Waals surface area contributed by atoms with Crippen molar-refractivity contribution in [3.63, 3.8) is 0 Å². The van der Waals surface area contributed by atoms with Crippen molar-refractivity contribution in [1.29, 1.82) is 5.26 Å². The first kappa shape index (κ1) is 19.0. The maximum Gasteiger partial charge on any atom is 0.316 e. The third-order valence-corrected chi connectivity index (χ3v) is 4.35. The molecule has 0 radical (unpaired) electrons. The zero-order chi connectivity index (χ0) is 17.5. The van der Waals surface area contributed by atoms with E-state index in [0.29, 0.717) is 4.90 Å². The van der Waals surface area contributed by atoms with Gasteiger partial charge in [-0.05, 0) is 25.0 Å². The van der Waals surface area contributed by atoms with Crippen LogP contribution in [0.15, 0.2) is 29.2 Å². The van der Waals surface area contributed by atoms with Crippen molar-refractivity contribution in [1.82, 2.24) is 5.32 Å². The summed E-state index contributed by atoms with van der Waals surface area (Å²) in [6, 6.07) is 8.11. The number of amides is 1. The van der Waals surface area contributed by atoms with E-state index in [-0.39, 0.29) is 11.7 Å². The van der Waals surface area contributed by atoms with Gasteiger partial charge in [-0.3, -0.25) is 9.59 Å². The lowest BCUT2D eigenvalue weighted by molar-refractivity contribution is -0.146. The minimum atomic E-state index is -1.02. The smallest absolute Gasteiger partial charge is 0.316 e. The second-order valence-corrected chi connectivity index (χ2v) is 6.41. The van der Waals surface area contributed by atoms with Gasteiger partial charge in [-0.2, -0.15) is 5.26 Å². The van der Waals surface area contributed by atoms with Crippen LogP contribution in [-0.2, 0) is 14.3 Å². The van der Waals surface area contributed by atoms with Crippen LogP contribution < -0.4 is 5.32 Å². The van der Waals surface area contributed by atoms with Crippen LogP contribution in [0.1, 0.15) is 20.8 Å². The highest BCUT2D eigenvalue weighted by molar-refractivity contribution is 8.00. The third-order valence-electron chi connectivity index (χ3n) is 3.33. The number of carbonyl (C=O) groups is 2. The Labute approximate surface area is 139 Å². The van der Waals surface area contributed by atoms with Crippen LogP contribution >= 0.6 is 11.8 Å². The van der Waals surface area contributed by atoms with Gasteiger partial charge in [-0.25, -0.2) is 4.39 Å². The molecule has 0 aromatic heterocycles. The molecular weight excluding hydrogens is 319 g/mol. The van der Waals surface area contributed by atoms with E-state index in [1.165, 1.54) is 6.07 Å². The van der Waals surface area contributed by atoms with Crippen LogP contribution in [0.25, 0.3) is 0 Å². The Morgan fingerprint density at radius 3 is 2.65 bits per heavy atom. The average molecular weight is 338 g/mol. The minimum absolute atomic E-state index is 0.0937. The van der Waals surface area contributed by atoms with Crippen LogP contribution in [0, 0.1) is 23.1 Å². The van der Waals surface area contributed by atoms with Gasteiger partial charge in [0.1, 0.15) is 11.4 Å². The molecular formula is C16H19FN2O3S. The third kappa shape index (κ3) is 5.91. The van der Waals surface area contributed by atoms with Crippen LogP contribution in [0.2, 0.25) is 0 Å². The number of nitrogens with one attached hydrogen (secondary N) is 1. The topological polar surface area (TPSA) is 79.2 Å². The van der Waals surface area contributed by atoms with Gasteiger partial charge in [0.15, 0.2) is 6.61 Å². The van der Waals surface area contributed by atoms with Crippen molar-refractivity contribution in [2.24, 2.45) is 5.92 Å². The van der Waals surface area contributed by atoms with E-state index in [9.17, 15) is 14.0 Å². The summed E-state index contributed by atoms with van der Waals surface area (Å²) < 4.78 is 18.2. The van der Waals surface area contributed by atoms with Crippen molar-refractivity contribution in [3.05, 3.63) is 30.1 Å². The number of hydrogen-bond acceptors (Lipinski definition) is 5. The summed E-state index contributed by atoms with van der Waals surface area (Å²) in [5.74, 6) is -1.79. The molecule has 0 aliphatic heterocycles. The zero-order valence-electron chi connectivity index (χ0n) is 13.3. The lowest BCUT2D eigenvalue weighted by Crippen LogP contribution is -2.50. The van der Waals surface area contributed by atoms with Gasteiger partial charge < -0.3 is 10.1 Å². The normalized spacial score (nSPS) is 13.0. The molecule has 124 valence electrons. The lowest BCUT2D eigenvalue weighted by atomic mass is 9.90. The Kier molecular flexibility index (Phi) is 7.04. The number of halogens is 1. The Hall–Kier alpha value is -2.07.